The number of hydrogen-bond acceptors (Lipinski definition) is 4. The molecule has 0 aromatic heterocycles. The SMILES string of the molecule is COc1ccc(Br)c(NC2COC(C)(C)OC2)c1. The summed E-state index contributed by atoms with van der Waals surface area (Å²) in [6.07, 6.45) is 0. The van der Waals surface area contributed by atoms with Crippen molar-refractivity contribution >= 4 is 21.6 Å². The molecule has 0 spiro atoms. The fourth-order valence-electron chi connectivity index (χ4n) is 1.74. The summed E-state index contributed by atoms with van der Waals surface area (Å²) in [5, 5.41) is 3.38. The third-order valence-corrected chi connectivity index (χ3v) is 3.49. The molecule has 2 rings (SSSR count). The zero-order valence-electron chi connectivity index (χ0n) is 10.8. The van der Waals surface area contributed by atoms with Crippen molar-refractivity contribution in [3.63, 3.8) is 0 Å². The van der Waals surface area contributed by atoms with Crippen molar-refractivity contribution in [1.82, 2.24) is 0 Å². The quantitative estimate of drug-likeness (QED) is 0.930. The molecule has 0 radical (unpaired) electrons. The van der Waals surface area contributed by atoms with E-state index in [1.807, 2.05) is 32.0 Å². The lowest BCUT2D eigenvalue weighted by molar-refractivity contribution is -0.247. The van der Waals surface area contributed by atoms with Gasteiger partial charge in [0.25, 0.3) is 0 Å². The van der Waals surface area contributed by atoms with Gasteiger partial charge in [0.1, 0.15) is 5.75 Å². The van der Waals surface area contributed by atoms with Crippen molar-refractivity contribution in [2.45, 2.75) is 25.7 Å². The average molecular weight is 316 g/mol. The highest BCUT2D eigenvalue weighted by Crippen LogP contribution is 2.28. The lowest BCUT2D eigenvalue weighted by Crippen LogP contribution is -2.45. The molecule has 1 saturated heterocycles. The van der Waals surface area contributed by atoms with E-state index in [4.69, 9.17) is 14.2 Å². The summed E-state index contributed by atoms with van der Waals surface area (Å²) < 4.78 is 17.4. The number of benzene rings is 1. The Kier molecular flexibility index (Phi) is 4.14. The first-order valence-corrected chi connectivity index (χ1v) is 6.67. The molecule has 1 fully saturated rings. The van der Waals surface area contributed by atoms with Gasteiger partial charge < -0.3 is 19.5 Å². The molecule has 0 aliphatic carbocycles. The number of hydrogen-bond donors (Lipinski definition) is 1. The third kappa shape index (κ3) is 3.37. The van der Waals surface area contributed by atoms with E-state index < -0.39 is 5.79 Å². The summed E-state index contributed by atoms with van der Waals surface area (Å²) in [6.45, 7) is 5.09. The molecular formula is C13H18BrNO3. The monoisotopic (exact) mass is 315 g/mol. The molecular weight excluding hydrogens is 298 g/mol. The predicted octanol–water partition coefficient (Wildman–Crippen LogP) is 3.02. The van der Waals surface area contributed by atoms with Crippen LogP contribution in [-0.2, 0) is 9.47 Å². The lowest BCUT2D eigenvalue weighted by atomic mass is 10.2. The van der Waals surface area contributed by atoms with Crippen LogP contribution in [0.4, 0.5) is 5.69 Å². The van der Waals surface area contributed by atoms with Crippen LogP contribution in [0.15, 0.2) is 22.7 Å². The Morgan fingerprint density at radius 2 is 2.00 bits per heavy atom. The summed E-state index contributed by atoms with van der Waals surface area (Å²) in [5.41, 5.74) is 0.978. The second kappa shape index (κ2) is 5.47. The maximum atomic E-state index is 5.62. The van der Waals surface area contributed by atoms with Crippen molar-refractivity contribution in [2.24, 2.45) is 0 Å². The topological polar surface area (TPSA) is 39.7 Å². The van der Waals surface area contributed by atoms with Crippen molar-refractivity contribution in [2.75, 3.05) is 25.6 Å². The van der Waals surface area contributed by atoms with Gasteiger partial charge >= 0.3 is 0 Å². The first-order chi connectivity index (χ1) is 8.50. The minimum absolute atomic E-state index is 0.140. The Labute approximate surface area is 116 Å². The van der Waals surface area contributed by atoms with Crippen LogP contribution in [0, 0.1) is 0 Å². The van der Waals surface area contributed by atoms with Crippen LogP contribution in [0.25, 0.3) is 0 Å². The second-order valence-electron chi connectivity index (χ2n) is 4.71. The van der Waals surface area contributed by atoms with Gasteiger partial charge in [-0.2, -0.15) is 0 Å². The average Bonchev–Trinajstić information content (AvgIpc) is 2.34. The Morgan fingerprint density at radius 1 is 1.33 bits per heavy atom. The number of nitrogens with one attached hydrogen (secondary N) is 1. The maximum absolute atomic E-state index is 5.62. The number of anilines is 1. The molecule has 4 nitrogen and oxygen atoms in total. The van der Waals surface area contributed by atoms with Gasteiger partial charge in [-0.05, 0) is 41.9 Å². The third-order valence-electron chi connectivity index (χ3n) is 2.80. The molecule has 1 aliphatic rings. The van der Waals surface area contributed by atoms with E-state index in [9.17, 15) is 0 Å². The van der Waals surface area contributed by atoms with Gasteiger partial charge in [-0.1, -0.05) is 0 Å². The highest BCUT2D eigenvalue weighted by molar-refractivity contribution is 9.10. The van der Waals surface area contributed by atoms with Crippen LogP contribution in [0.5, 0.6) is 5.75 Å². The summed E-state index contributed by atoms with van der Waals surface area (Å²) in [7, 11) is 1.66. The summed E-state index contributed by atoms with van der Waals surface area (Å²) in [5.74, 6) is 0.336. The van der Waals surface area contributed by atoms with Gasteiger partial charge in [-0.25, -0.2) is 0 Å². The molecule has 100 valence electrons. The lowest BCUT2D eigenvalue weighted by Gasteiger charge is -2.35. The fraction of sp³-hybridized carbons (Fsp3) is 0.538. The molecule has 1 N–H and O–H groups in total. The molecule has 0 unspecified atom stereocenters. The summed E-state index contributed by atoms with van der Waals surface area (Å²) in [4.78, 5) is 0. The van der Waals surface area contributed by atoms with Crippen LogP contribution in [-0.4, -0.2) is 32.2 Å². The van der Waals surface area contributed by atoms with Gasteiger partial charge in [-0.15, -0.1) is 0 Å². The Balaban J connectivity index is 2.01. The molecule has 0 atom stereocenters. The summed E-state index contributed by atoms with van der Waals surface area (Å²) in [6, 6.07) is 5.95. The zero-order chi connectivity index (χ0) is 13.2. The number of halogens is 1. The maximum Gasteiger partial charge on any atom is 0.162 e. The minimum Gasteiger partial charge on any atom is -0.497 e. The minimum atomic E-state index is -0.482. The zero-order valence-corrected chi connectivity index (χ0v) is 12.4. The Hall–Kier alpha value is -0.780. The first-order valence-electron chi connectivity index (χ1n) is 5.88. The van der Waals surface area contributed by atoms with Gasteiger partial charge in [0, 0.05) is 10.5 Å². The number of methoxy groups -OCH3 is 1. The van der Waals surface area contributed by atoms with E-state index in [1.165, 1.54) is 0 Å². The highest BCUT2D eigenvalue weighted by atomic mass is 79.9. The number of ether oxygens (including phenoxy) is 3. The molecule has 1 aliphatic heterocycles. The Morgan fingerprint density at radius 3 is 2.61 bits per heavy atom. The molecule has 0 saturated carbocycles. The predicted molar refractivity (Wildman–Crippen MR) is 74.1 cm³/mol. The highest BCUT2D eigenvalue weighted by Gasteiger charge is 2.28. The van der Waals surface area contributed by atoms with E-state index >= 15 is 0 Å². The van der Waals surface area contributed by atoms with Crippen molar-refractivity contribution < 1.29 is 14.2 Å². The van der Waals surface area contributed by atoms with E-state index in [2.05, 4.69) is 21.2 Å². The fourth-order valence-corrected chi connectivity index (χ4v) is 2.10. The van der Waals surface area contributed by atoms with Crippen molar-refractivity contribution in [1.29, 1.82) is 0 Å². The van der Waals surface area contributed by atoms with Gasteiger partial charge in [0.2, 0.25) is 0 Å². The molecule has 1 aromatic rings. The van der Waals surface area contributed by atoms with Gasteiger partial charge in [0.05, 0.1) is 32.1 Å². The van der Waals surface area contributed by atoms with E-state index in [0.717, 1.165) is 15.9 Å². The number of rotatable bonds is 3. The first kappa shape index (κ1) is 13.6. The van der Waals surface area contributed by atoms with Crippen LogP contribution in [0.2, 0.25) is 0 Å². The molecule has 1 heterocycles. The van der Waals surface area contributed by atoms with Crippen LogP contribution in [0.1, 0.15) is 13.8 Å². The molecule has 0 amide bonds. The van der Waals surface area contributed by atoms with Crippen LogP contribution < -0.4 is 10.1 Å². The smallest absolute Gasteiger partial charge is 0.162 e. The standard InChI is InChI=1S/C13H18BrNO3/c1-13(2)17-7-9(8-18-13)15-12-6-10(16-3)4-5-11(12)14/h4-6,9,15H,7-8H2,1-3H3. The normalized spacial score (nSPS) is 19.6. The van der Waals surface area contributed by atoms with E-state index in [1.54, 1.807) is 7.11 Å². The molecule has 5 heteroatoms. The Bertz CT molecular complexity index is 413. The molecule has 1 aromatic carbocycles. The van der Waals surface area contributed by atoms with Crippen molar-refractivity contribution in [3.05, 3.63) is 22.7 Å². The molecule has 0 bridgehead atoms. The van der Waals surface area contributed by atoms with E-state index in [0.29, 0.717) is 13.2 Å². The van der Waals surface area contributed by atoms with Crippen LogP contribution >= 0.6 is 15.9 Å². The second-order valence-corrected chi connectivity index (χ2v) is 5.56. The van der Waals surface area contributed by atoms with Crippen molar-refractivity contribution in [3.8, 4) is 5.75 Å². The van der Waals surface area contributed by atoms with Crippen LogP contribution in [0.3, 0.4) is 0 Å². The van der Waals surface area contributed by atoms with Gasteiger partial charge in [-0.3, -0.25) is 0 Å². The molecule has 18 heavy (non-hydrogen) atoms. The summed E-state index contributed by atoms with van der Waals surface area (Å²) >= 11 is 3.51. The van der Waals surface area contributed by atoms with Gasteiger partial charge in [0.15, 0.2) is 5.79 Å². The largest absolute Gasteiger partial charge is 0.497 e. The van der Waals surface area contributed by atoms with E-state index in [-0.39, 0.29) is 6.04 Å².